The molecule has 0 aliphatic carbocycles. The van der Waals surface area contributed by atoms with Crippen molar-refractivity contribution in [2.24, 2.45) is 0 Å². The Balaban J connectivity index is 3.05. The summed E-state index contributed by atoms with van der Waals surface area (Å²) in [6.45, 7) is 0. The van der Waals surface area contributed by atoms with Gasteiger partial charge in [-0.2, -0.15) is 4.39 Å². The quantitative estimate of drug-likeness (QED) is 0.635. The van der Waals surface area contributed by atoms with Gasteiger partial charge in [0, 0.05) is 5.69 Å². The molecule has 0 radical (unpaired) electrons. The summed E-state index contributed by atoms with van der Waals surface area (Å²) >= 11 is 0. The fourth-order valence-corrected chi connectivity index (χ4v) is 1.12. The van der Waals surface area contributed by atoms with Crippen LogP contribution in [-0.2, 0) is 16.0 Å². The predicted octanol–water partition coefficient (Wildman–Crippen LogP) is 1.46. The number of nitrogen functional groups attached to an aromatic ring is 1. The van der Waals surface area contributed by atoms with Crippen LogP contribution in [0.15, 0.2) is 6.07 Å². The Morgan fingerprint density at radius 2 is 2.25 bits per heavy atom. The number of aromatic nitrogens is 1. The molecule has 0 spiro atoms. The summed E-state index contributed by atoms with van der Waals surface area (Å²) in [5.74, 6) is -2.02. The number of alkyl halides is 2. The number of rotatable bonds is 3. The van der Waals surface area contributed by atoms with E-state index >= 15 is 0 Å². The summed E-state index contributed by atoms with van der Waals surface area (Å²) in [4.78, 5) is 14.1. The van der Waals surface area contributed by atoms with Crippen molar-refractivity contribution in [1.29, 1.82) is 0 Å². The third-order valence-electron chi connectivity index (χ3n) is 1.87. The Morgan fingerprint density at radius 3 is 2.69 bits per heavy atom. The monoisotopic (exact) mass is 234 g/mol. The van der Waals surface area contributed by atoms with Gasteiger partial charge in [0.2, 0.25) is 5.95 Å². The molecule has 0 aliphatic heterocycles. The van der Waals surface area contributed by atoms with Crippen molar-refractivity contribution in [2.45, 2.75) is 12.8 Å². The van der Waals surface area contributed by atoms with Gasteiger partial charge in [-0.1, -0.05) is 0 Å². The first-order chi connectivity index (χ1) is 7.45. The molecule has 0 saturated carbocycles. The SMILES string of the molecule is COC(=O)Cc1cc(N)c(C(F)F)c(F)n1. The molecule has 88 valence electrons. The Kier molecular flexibility index (Phi) is 3.70. The Hall–Kier alpha value is -1.79. The number of halogens is 3. The van der Waals surface area contributed by atoms with Crippen LogP contribution in [0.1, 0.15) is 17.7 Å². The Bertz CT molecular complexity index is 387. The zero-order chi connectivity index (χ0) is 12.3. The highest BCUT2D eigenvalue weighted by atomic mass is 19.3. The third-order valence-corrected chi connectivity index (χ3v) is 1.87. The number of nitrogens with two attached hydrogens (primary N) is 1. The lowest BCUT2D eigenvalue weighted by atomic mass is 10.2. The van der Waals surface area contributed by atoms with E-state index in [0.717, 1.165) is 13.2 Å². The predicted molar refractivity (Wildman–Crippen MR) is 49.3 cm³/mol. The van der Waals surface area contributed by atoms with E-state index < -0.39 is 29.6 Å². The van der Waals surface area contributed by atoms with Crippen molar-refractivity contribution in [1.82, 2.24) is 4.98 Å². The highest BCUT2D eigenvalue weighted by Gasteiger charge is 2.20. The molecule has 1 rings (SSSR count). The molecule has 0 saturated heterocycles. The molecular formula is C9H9F3N2O2. The van der Waals surface area contributed by atoms with Crippen LogP contribution in [0, 0.1) is 5.95 Å². The number of anilines is 1. The minimum absolute atomic E-state index is 0.0498. The summed E-state index contributed by atoms with van der Waals surface area (Å²) in [6.07, 6.45) is -3.36. The lowest BCUT2D eigenvalue weighted by Gasteiger charge is -2.07. The van der Waals surface area contributed by atoms with Gasteiger partial charge in [0.05, 0.1) is 24.8 Å². The van der Waals surface area contributed by atoms with Crippen LogP contribution in [0.25, 0.3) is 0 Å². The minimum atomic E-state index is -3.04. The van der Waals surface area contributed by atoms with E-state index in [4.69, 9.17) is 5.73 Å². The maximum atomic E-state index is 13.1. The van der Waals surface area contributed by atoms with Crippen LogP contribution >= 0.6 is 0 Å². The molecule has 4 nitrogen and oxygen atoms in total. The minimum Gasteiger partial charge on any atom is -0.469 e. The van der Waals surface area contributed by atoms with Gasteiger partial charge in [-0.05, 0) is 6.07 Å². The first-order valence-corrected chi connectivity index (χ1v) is 4.25. The molecule has 1 heterocycles. The fraction of sp³-hybridized carbons (Fsp3) is 0.333. The second-order valence-electron chi connectivity index (χ2n) is 2.96. The van der Waals surface area contributed by atoms with Crippen molar-refractivity contribution in [3.05, 3.63) is 23.3 Å². The number of hydrogen-bond donors (Lipinski definition) is 1. The number of carbonyl (C=O) groups is 1. The fourth-order valence-electron chi connectivity index (χ4n) is 1.12. The van der Waals surface area contributed by atoms with Crippen LogP contribution in [0.5, 0.6) is 0 Å². The molecule has 0 fully saturated rings. The molecule has 0 unspecified atom stereocenters. The molecule has 2 N–H and O–H groups in total. The summed E-state index contributed by atoms with van der Waals surface area (Å²) in [6, 6.07) is 1.03. The van der Waals surface area contributed by atoms with Gasteiger partial charge in [-0.3, -0.25) is 4.79 Å². The van der Waals surface area contributed by atoms with E-state index in [1.54, 1.807) is 0 Å². The topological polar surface area (TPSA) is 65.2 Å². The molecule has 0 aromatic carbocycles. The van der Waals surface area contributed by atoms with Gasteiger partial charge < -0.3 is 10.5 Å². The average molecular weight is 234 g/mol. The second kappa shape index (κ2) is 4.82. The normalized spacial score (nSPS) is 10.6. The largest absolute Gasteiger partial charge is 0.469 e. The van der Waals surface area contributed by atoms with E-state index in [9.17, 15) is 18.0 Å². The number of nitrogens with zero attached hydrogens (tertiary/aromatic N) is 1. The maximum absolute atomic E-state index is 13.1. The number of ether oxygens (including phenoxy) is 1. The standard InChI is InChI=1S/C9H9F3N2O2/c1-16-6(15)3-4-2-5(13)7(8(10)11)9(12)14-4/h2,8H,3H2,1H3,(H2,13,14). The maximum Gasteiger partial charge on any atom is 0.311 e. The van der Waals surface area contributed by atoms with Crippen LogP contribution in [0.2, 0.25) is 0 Å². The molecule has 0 atom stereocenters. The van der Waals surface area contributed by atoms with Gasteiger partial charge in [0.15, 0.2) is 0 Å². The highest BCUT2D eigenvalue weighted by molar-refractivity contribution is 5.72. The number of hydrogen-bond acceptors (Lipinski definition) is 4. The molecule has 1 aromatic heterocycles. The van der Waals surface area contributed by atoms with E-state index in [1.165, 1.54) is 0 Å². The molecular weight excluding hydrogens is 225 g/mol. The van der Waals surface area contributed by atoms with Crippen molar-refractivity contribution >= 4 is 11.7 Å². The number of pyridine rings is 1. The Labute approximate surface area is 89.2 Å². The van der Waals surface area contributed by atoms with Crippen molar-refractivity contribution in [3.8, 4) is 0 Å². The second-order valence-corrected chi connectivity index (χ2v) is 2.96. The van der Waals surface area contributed by atoms with Crippen LogP contribution < -0.4 is 5.73 Å². The summed E-state index contributed by atoms with van der Waals surface area (Å²) in [5, 5.41) is 0. The first-order valence-electron chi connectivity index (χ1n) is 4.25. The van der Waals surface area contributed by atoms with Crippen molar-refractivity contribution < 1.29 is 22.7 Å². The van der Waals surface area contributed by atoms with Gasteiger partial charge >= 0.3 is 5.97 Å². The zero-order valence-corrected chi connectivity index (χ0v) is 8.34. The first kappa shape index (κ1) is 12.3. The van der Waals surface area contributed by atoms with Crippen molar-refractivity contribution in [2.75, 3.05) is 12.8 Å². The summed E-state index contributed by atoms with van der Waals surface area (Å²) in [7, 11) is 1.15. The number of carbonyl (C=O) groups excluding carboxylic acids is 1. The van der Waals surface area contributed by atoms with Gasteiger partial charge in [0.25, 0.3) is 6.43 Å². The lowest BCUT2D eigenvalue weighted by molar-refractivity contribution is -0.139. The third kappa shape index (κ3) is 2.62. The number of esters is 1. The van der Waals surface area contributed by atoms with Crippen LogP contribution in [0.3, 0.4) is 0 Å². The highest BCUT2D eigenvalue weighted by Crippen LogP contribution is 2.27. The van der Waals surface area contributed by atoms with E-state index in [0.29, 0.717) is 0 Å². The Morgan fingerprint density at radius 1 is 1.62 bits per heavy atom. The van der Waals surface area contributed by atoms with E-state index in [-0.39, 0.29) is 12.1 Å². The average Bonchev–Trinajstić information content (AvgIpc) is 2.15. The van der Waals surface area contributed by atoms with Gasteiger partial charge in [-0.15, -0.1) is 0 Å². The molecule has 7 heteroatoms. The van der Waals surface area contributed by atoms with Crippen LogP contribution in [-0.4, -0.2) is 18.1 Å². The van der Waals surface area contributed by atoms with Crippen molar-refractivity contribution in [3.63, 3.8) is 0 Å². The van der Waals surface area contributed by atoms with E-state index in [1.807, 2.05) is 0 Å². The molecule has 16 heavy (non-hydrogen) atoms. The van der Waals surface area contributed by atoms with Crippen LogP contribution in [0.4, 0.5) is 18.9 Å². The summed E-state index contributed by atoms with van der Waals surface area (Å²) in [5.41, 5.74) is 3.80. The van der Waals surface area contributed by atoms with Gasteiger partial charge in [-0.25, -0.2) is 13.8 Å². The lowest BCUT2D eigenvalue weighted by Crippen LogP contribution is -2.10. The smallest absolute Gasteiger partial charge is 0.311 e. The summed E-state index contributed by atoms with van der Waals surface area (Å²) < 4.78 is 42.0. The molecule has 0 bridgehead atoms. The molecule has 1 aromatic rings. The zero-order valence-electron chi connectivity index (χ0n) is 8.34. The molecule has 0 amide bonds. The van der Waals surface area contributed by atoms with E-state index in [2.05, 4.69) is 9.72 Å². The molecule has 0 aliphatic rings. The number of methoxy groups -OCH3 is 1. The van der Waals surface area contributed by atoms with Gasteiger partial charge in [0.1, 0.15) is 0 Å².